The minimum atomic E-state index is -0.584. The first-order valence-corrected chi connectivity index (χ1v) is 4.91. The summed E-state index contributed by atoms with van der Waals surface area (Å²) in [4.78, 5) is 11.7. The maximum absolute atomic E-state index is 11.4. The van der Waals surface area contributed by atoms with Gasteiger partial charge in [0.2, 0.25) is 0 Å². The second-order valence-electron chi connectivity index (χ2n) is 3.13. The SMILES string of the molecule is CCC(CC)(C(N)=S)n1cn[nH]c1=O. The van der Waals surface area contributed by atoms with Crippen LogP contribution in [0.15, 0.2) is 11.1 Å². The first kappa shape index (κ1) is 10.9. The largest absolute Gasteiger partial charge is 0.391 e. The first-order chi connectivity index (χ1) is 6.58. The highest BCUT2D eigenvalue weighted by molar-refractivity contribution is 7.80. The molecule has 0 atom stereocenters. The van der Waals surface area contributed by atoms with Gasteiger partial charge in [-0.1, -0.05) is 26.1 Å². The molecule has 0 amide bonds. The van der Waals surface area contributed by atoms with Crippen molar-refractivity contribution in [2.45, 2.75) is 32.2 Å². The Balaban J connectivity index is 3.31. The molecule has 0 saturated carbocycles. The Bertz CT molecular complexity index is 377. The van der Waals surface area contributed by atoms with Crippen LogP contribution in [0.4, 0.5) is 0 Å². The average molecular weight is 214 g/mol. The van der Waals surface area contributed by atoms with Gasteiger partial charge in [-0.15, -0.1) is 0 Å². The molecule has 0 unspecified atom stereocenters. The Morgan fingerprint density at radius 1 is 1.71 bits per heavy atom. The van der Waals surface area contributed by atoms with Crippen molar-refractivity contribution in [3.8, 4) is 0 Å². The van der Waals surface area contributed by atoms with Crippen molar-refractivity contribution in [3.63, 3.8) is 0 Å². The number of aromatic nitrogens is 3. The maximum Gasteiger partial charge on any atom is 0.343 e. The highest BCUT2D eigenvalue weighted by Crippen LogP contribution is 2.23. The molecular formula is C8H14N4OS. The van der Waals surface area contributed by atoms with Crippen LogP contribution in [-0.4, -0.2) is 19.8 Å². The van der Waals surface area contributed by atoms with E-state index in [9.17, 15) is 4.79 Å². The summed E-state index contributed by atoms with van der Waals surface area (Å²) in [5, 5.41) is 6.02. The molecule has 0 aliphatic rings. The van der Waals surface area contributed by atoms with E-state index >= 15 is 0 Å². The predicted octanol–water partition coefficient (Wildman–Crippen LogP) is 0.373. The Hall–Kier alpha value is -1.17. The van der Waals surface area contributed by atoms with Gasteiger partial charge in [0.25, 0.3) is 0 Å². The molecule has 6 heteroatoms. The van der Waals surface area contributed by atoms with E-state index in [1.807, 2.05) is 13.8 Å². The average Bonchev–Trinajstić information content (AvgIpc) is 2.55. The molecule has 0 aromatic carbocycles. The number of rotatable bonds is 4. The monoisotopic (exact) mass is 214 g/mol. The fraction of sp³-hybridized carbons (Fsp3) is 0.625. The minimum absolute atomic E-state index is 0.276. The number of aromatic amines is 1. The molecule has 1 heterocycles. The summed E-state index contributed by atoms with van der Waals surface area (Å²) in [7, 11) is 0. The topological polar surface area (TPSA) is 76.7 Å². The summed E-state index contributed by atoms with van der Waals surface area (Å²) in [5.74, 6) is 0. The first-order valence-electron chi connectivity index (χ1n) is 4.51. The summed E-state index contributed by atoms with van der Waals surface area (Å²) < 4.78 is 1.47. The van der Waals surface area contributed by atoms with Crippen LogP contribution in [0.2, 0.25) is 0 Å². The van der Waals surface area contributed by atoms with E-state index in [2.05, 4.69) is 10.2 Å². The molecule has 1 aromatic heterocycles. The maximum atomic E-state index is 11.4. The van der Waals surface area contributed by atoms with Crippen molar-refractivity contribution >= 4 is 17.2 Å². The minimum Gasteiger partial charge on any atom is -0.391 e. The molecule has 0 aliphatic carbocycles. The van der Waals surface area contributed by atoms with E-state index in [-0.39, 0.29) is 5.69 Å². The number of H-pyrrole nitrogens is 1. The Labute approximate surface area is 87.3 Å². The van der Waals surface area contributed by atoms with Crippen LogP contribution >= 0.6 is 12.2 Å². The summed E-state index contributed by atoms with van der Waals surface area (Å²) in [6.07, 6.45) is 2.80. The van der Waals surface area contributed by atoms with Gasteiger partial charge in [0.05, 0.1) is 10.5 Å². The van der Waals surface area contributed by atoms with E-state index in [4.69, 9.17) is 18.0 Å². The molecule has 0 aliphatic heterocycles. The zero-order chi connectivity index (χ0) is 10.8. The van der Waals surface area contributed by atoms with Gasteiger partial charge in [-0.05, 0) is 12.8 Å². The van der Waals surface area contributed by atoms with Crippen LogP contribution in [-0.2, 0) is 5.54 Å². The fourth-order valence-electron chi connectivity index (χ4n) is 1.61. The number of nitrogens with one attached hydrogen (secondary N) is 1. The lowest BCUT2D eigenvalue weighted by atomic mass is 9.92. The number of nitrogens with zero attached hydrogens (tertiary/aromatic N) is 2. The quantitative estimate of drug-likeness (QED) is 0.710. The van der Waals surface area contributed by atoms with Gasteiger partial charge in [-0.2, -0.15) is 5.10 Å². The molecular weight excluding hydrogens is 200 g/mol. The van der Waals surface area contributed by atoms with Crippen molar-refractivity contribution in [1.82, 2.24) is 14.8 Å². The second-order valence-corrected chi connectivity index (χ2v) is 3.57. The lowest BCUT2D eigenvalue weighted by Gasteiger charge is -2.30. The number of hydrogen-bond donors (Lipinski definition) is 2. The van der Waals surface area contributed by atoms with Crippen molar-refractivity contribution < 1.29 is 0 Å². The van der Waals surface area contributed by atoms with Crippen LogP contribution in [0.25, 0.3) is 0 Å². The van der Waals surface area contributed by atoms with Crippen molar-refractivity contribution in [3.05, 3.63) is 16.8 Å². The van der Waals surface area contributed by atoms with Crippen LogP contribution < -0.4 is 11.4 Å². The Morgan fingerprint density at radius 3 is 2.57 bits per heavy atom. The third-order valence-electron chi connectivity index (χ3n) is 2.64. The van der Waals surface area contributed by atoms with Gasteiger partial charge in [0, 0.05) is 0 Å². The summed E-state index contributed by atoms with van der Waals surface area (Å²) in [6, 6.07) is 0. The van der Waals surface area contributed by atoms with E-state index in [0.717, 1.165) is 0 Å². The van der Waals surface area contributed by atoms with Gasteiger partial charge in [-0.3, -0.25) is 4.57 Å². The van der Waals surface area contributed by atoms with Crippen LogP contribution in [0.3, 0.4) is 0 Å². The summed E-state index contributed by atoms with van der Waals surface area (Å²) >= 11 is 5.01. The van der Waals surface area contributed by atoms with Gasteiger partial charge < -0.3 is 5.73 Å². The Kier molecular flexibility index (Phi) is 3.05. The third-order valence-corrected chi connectivity index (χ3v) is 3.02. The van der Waals surface area contributed by atoms with Gasteiger partial charge >= 0.3 is 5.69 Å². The molecule has 3 N–H and O–H groups in total. The van der Waals surface area contributed by atoms with Crippen molar-refractivity contribution in [2.24, 2.45) is 5.73 Å². The molecule has 0 radical (unpaired) electrons. The van der Waals surface area contributed by atoms with Crippen molar-refractivity contribution in [2.75, 3.05) is 0 Å². The van der Waals surface area contributed by atoms with E-state index in [0.29, 0.717) is 17.8 Å². The molecule has 0 saturated heterocycles. The number of hydrogen-bond acceptors (Lipinski definition) is 3. The standard InChI is InChI=1S/C8H14N4OS/c1-3-8(4-2,6(9)14)12-5-10-11-7(12)13/h5H,3-4H2,1-2H3,(H2,9,14)(H,11,13). The molecule has 1 rings (SSSR count). The lowest BCUT2D eigenvalue weighted by molar-refractivity contribution is 0.367. The third kappa shape index (κ3) is 1.45. The molecule has 14 heavy (non-hydrogen) atoms. The zero-order valence-corrected chi connectivity index (χ0v) is 9.10. The predicted molar refractivity (Wildman–Crippen MR) is 58.2 cm³/mol. The molecule has 0 bridgehead atoms. The van der Waals surface area contributed by atoms with Crippen LogP contribution in [0, 0.1) is 0 Å². The molecule has 0 fully saturated rings. The number of thiocarbonyl (C=S) groups is 1. The molecule has 1 aromatic rings. The van der Waals surface area contributed by atoms with Gasteiger partial charge in [0.15, 0.2) is 0 Å². The van der Waals surface area contributed by atoms with Crippen molar-refractivity contribution in [1.29, 1.82) is 0 Å². The highest BCUT2D eigenvalue weighted by atomic mass is 32.1. The van der Waals surface area contributed by atoms with E-state index < -0.39 is 5.54 Å². The smallest absolute Gasteiger partial charge is 0.343 e. The van der Waals surface area contributed by atoms with Gasteiger partial charge in [-0.25, -0.2) is 9.89 Å². The van der Waals surface area contributed by atoms with Crippen LogP contribution in [0.1, 0.15) is 26.7 Å². The summed E-state index contributed by atoms with van der Waals surface area (Å²) in [6.45, 7) is 3.89. The number of nitrogens with two attached hydrogens (primary N) is 1. The fourth-order valence-corrected chi connectivity index (χ4v) is 2.00. The highest BCUT2D eigenvalue weighted by Gasteiger charge is 2.33. The second kappa shape index (κ2) is 3.91. The lowest BCUT2D eigenvalue weighted by Crippen LogP contribution is -2.48. The van der Waals surface area contributed by atoms with E-state index in [1.54, 1.807) is 0 Å². The molecule has 78 valence electrons. The summed E-state index contributed by atoms with van der Waals surface area (Å²) in [5.41, 5.74) is 4.82. The van der Waals surface area contributed by atoms with Crippen LogP contribution in [0.5, 0.6) is 0 Å². The zero-order valence-electron chi connectivity index (χ0n) is 8.28. The normalized spacial score (nSPS) is 11.6. The molecule has 0 spiro atoms. The van der Waals surface area contributed by atoms with Gasteiger partial charge in [0.1, 0.15) is 6.33 Å². The molecule has 5 nitrogen and oxygen atoms in total. The van der Waals surface area contributed by atoms with E-state index in [1.165, 1.54) is 10.9 Å². The Morgan fingerprint density at radius 2 is 2.29 bits per heavy atom.